The molecule has 0 aromatic heterocycles. The second-order valence-corrected chi connectivity index (χ2v) is 8.15. The molecule has 0 radical (unpaired) electrons. The van der Waals surface area contributed by atoms with E-state index >= 15 is 0 Å². The smallest absolute Gasteiger partial charge is 0.329 e. The lowest BCUT2D eigenvalue weighted by atomic mass is 10.1. The number of para-hydroxylation sites is 1. The summed E-state index contributed by atoms with van der Waals surface area (Å²) in [6.45, 7) is 7.58. The van der Waals surface area contributed by atoms with Crippen molar-refractivity contribution in [1.82, 2.24) is 5.43 Å². The Balaban J connectivity index is 1.54. The fraction of sp³-hybridized carbons (Fsp3) is 0.185. The Morgan fingerprint density at radius 1 is 0.829 bits per heavy atom. The lowest BCUT2D eigenvalue weighted by molar-refractivity contribution is -0.136. The highest BCUT2D eigenvalue weighted by Gasteiger charge is 2.13. The molecule has 0 saturated heterocycles. The highest BCUT2D eigenvalue weighted by molar-refractivity contribution is 6.39. The normalized spacial score (nSPS) is 10.6. The van der Waals surface area contributed by atoms with Crippen LogP contribution in [0.3, 0.4) is 0 Å². The lowest BCUT2D eigenvalue weighted by Gasteiger charge is -2.11. The van der Waals surface area contributed by atoms with E-state index < -0.39 is 11.8 Å². The average molecular weight is 473 g/mol. The van der Waals surface area contributed by atoms with E-state index in [9.17, 15) is 14.4 Å². The molecule has 0 aliphatic carbocycles. The fourth-order valence-corrected chi connectivity index (χ4v) is 3.22. The van der Waals surface area contributed by atoms with Crippen molar-refractivity contribution in [3.05, 3.63) is 88.5 Å². The molecule has 180 valence electrons. The summed E-state index contributed by atoms with van der Waals surface area (Å²) in [4.78, 5) is 36.5. The van der Waals surface area contributed by atoms with Crippen LogP contribution in [-0.2, 0) is 14.4 Å². The Labute approximate surface area is 204 Å². The molecule has 0 atom stereocenters. The van der Waals surface area contributed by atoms with E-state index in [0.29, 0.717) is 17.0 Å². The van der Waals surface area contributed by atoms with E-state index in [1.54, 1.807) is 36.4 Å². The third-order valence-corrected chi connectivity index (χ3v) is 5.27. The first-order valence-electron chi connectivity index (χ1n) is 11.0. The molecule has 3 amide bonds. The summed E-state index contributed by atoms with van der Waals surface area (Å²) >= 11 is 0. The topological polar surface area (TPSA) is 109 Å². The number of hydrazone groups is 1. The molecule has 0 bridgehead atoms. The number of amides is 3. The largest absolute Gasteiger partial charge is 0.483 e. The lowest BCUT2D eigenvalue weighted by Crippen LogP contribution is -2.32. The molecule has 0 aliphatic rings. The molecular weight excluding hydrogens is 444 g/mol. The Kier molecular flexibility index (Phi) is 8.34. The van der Waals surface area contributed by atoms with Crippen molar-refractivity contribution in [3.8, 4) is 5.75 Å². The highest BCUT2D eigenvalue weighted by Crippen LogP contribution is 2.18. The Bertz CT molecular complexity index is 1280. The predicted molar refractivity (Wildman–Crippen MR) is 137 cm³/mol. The van der Waals surface area contributed by atoms with Crippen LogP contribution in [0.5, 0.6) is 5.75 Å². The van der Waals surface area contributed by atoms with Crippen molar-refractivity contribution in [1.29, 1.82) is 0 Å². The van der Waals surface area contributed by atoms with E-state index in [-0.39, 0.29) is 12.5 Å². The van der Waals surface area contributed by atoms with Crippen molar-refractivity contribution < 1.29 is 19.1 Å². The minimum absolute atomic E-state index is 0.205. The highest BCUT2D eigenvalue weighted by atomic mass is 16.5. The zero-order valence-corrected chi connectivity index (χ0v) is 20.1. The zero-order chi connectivity index (χ0) is 25.4. The number of aryl methyl sites for hydroxylation is 4. The summed E-state index contributed by atoms with van der Waals surface area (Å²) in [6, 6.07) is 18.0. The number of anilines is 2. The van der Waals surface area contributed by atoms with Gasteiger partial charge in [0.2, 0.25) is 0 Å². The molecule has 0 aliphatic heterocycles. The second-order valence-electron chi connectivity index (χ2n) is 8.15. The van der Waals surface area contributed by atoms with Gasteiger partial charge in [0.25, 0.3) is 5.91 Å². The van der Waals surface area contributed by atoms with Crippen molar-refractivity contribution in [2.24, 2.45) is 5.10 Å². The summed E-state index contributed by atoms with van der Waals surface area (Å²) in [6.07, 6.45) is 1.35. The van der Waals surface area contributed by atoms with E-state index in [1.807, 2.05) is 52.0 Å². The van der Waals surface area contributed by atoms with Crippen LogP contribution in [0.1, 0.15) is 27.8 Å². The monoisotopic (exact) mass is 472 g/mol. The van der Waals surface area contributed by atoms with Crippen LogP contribution in [0.25, 0.3) is 0 Å². The van der Waals surface area contributed by atoms with Crippen molar-refractivity contribution in [3.63, 3.8) is 0 Å². The Morgan fingerprint density at radius 2 is 1.60 bits per heavy atom. The first kappa shape index (κ1) is 25.2. The van der Waals surface area contributed by atoms with Gasteiger partial charge in [0.1, 0.15) is 5.75 Å². The number of nitrogens with zero attached hydrogens (tertiary/aromatic N) is 1. The first-order chi connectivity index (χ1) is 16.7. The maximum atomic E-state index is 12.3. The average Bonchev–Trinajstić information content (AvgIpc) is 2.82. The van der Waals surface area contributed by atoms with Crippen LogP contribution in [0.15, 0.2) is 65.8 Å². The van der Waals surface area contributed by atoms with Crippen molar-refractivity contribution >= 4 is 35.3 Å². The van der Waals surface area contributed by atoms with Crippen LogP contribution in [0.4, 0.5) is 11.4 Å². The summed E-state index contributed by atoms with van der Waals surface area (Å²) < 4.78 is 5.64. The van der Waals surface area contributed by atoms with Crippen LogP contribution in [0.2, 0.25) is 0 Å². The molecule has 0 unspecified atom stereocenters. The van der Waals surface area contributed by atoms with Gasteiger partial charge in [0.05, 0.1) is 6.21 Å². The van der Waals surface area contributed by atoms with Gasteiger partial charge in [-0.05, 0) is 74.7 Å². The summed E-state index contributed by atoms with van der Waals surface area (Å²) in [7, 11) is 0. The Hall–Kier alpha value is -4.46. The van der Waals surface area contributed by atoms with Gasteiger partial charge in [-0.25, -0.2) is 5.43 Å². The number of ether oxygens (including phenoxy) is 1. The number of nitrogens with one attached hydrogen (secondary N) is 3. The van der Waals surface area contributed by atoms with Crippen LogP contribution < -0.4 is 20.8 Å². The van der Waals surface area contributed by atoms with Crippen LogP contribution in [-0.4, -0.2) is 30.5 Å². The SMILES string of the molecule is Cc1ccc(NC(=O)COc2ccccc2/C=N\NC(=O)C(=O)Nc2ccc(C)c(C)c2)c(C)c1. The van der Waals surface area contributed by atoms with Gasteiger partial charge in [-0.3, -0.25) is 14.4 Å². The second kappa shape index (κ2) is 11.6. The van der Waals surface area contributed by atoms with E-state index in [1.165, 1.54) is 6.21 Å². The fourth-order valence-electron chi connectivity index (χ4n) is 3.22. The molecule has 3 N–H and O–H groups in total. The third kappa shape index (κ3) is 7.26. The number of rotatable bonds is 7. The number of carbonyl (C=O) groups excluding carboxylic acids is 3. The summed E-state index contributed by atoms with van der Waals surface area (Å²) in [5.41, 5.74) is 8.13. The number of benzene rings is 3. The molecule has 0 heterocycles. The molecule has 3 aromatic carbocycles. The van der Waals surface area contributed by atoms with Crippen LogP contribution >= 0.6 is 0 Å². The molecule has 3 aromatic rings. The Morgan fingerprint density at radius 3 is 2.34 bits per heavy atom. The molecular formula is C27H28N4O4. The van der Waals surface area contributed by atoms with E-state index in [2.05, 4.69) is 21.2 Å². The van der Waals surface area contributed by atoms with Gasteiger partial charge in [-0.2, -0.15) is 5.10 Å². The molecule has 0 spiro atoms. The van der Waals surface area contributed by atoms with Gasteiger partial charge in [-0.15, -0.1) is 0 Å². The van der Waals surface area contributed by atoms with Gasteiger partial charge in [-0.1, -0.05) is 35.9 Å². The van der Waals surface area contributed by atoms with Crippen molar-refractivity contribution in [2.75, 3.05) is 17.2 Å². The number of hydrogen-bond donors (Lipinski definition) is 3. The van der Waals surface area contributed by atoms with Gasteiger partial charge in [0.15, 0.2) is 6.61 Å². The minimum atomic E-state index is -0.911. The van der Waals surface area contributed by atoms with Crippen molar-refractivity contribution in [2.45, 2.75) is 27.7 Å². The summed E-state index contributed by atoms with van der Waals surface area (Å²) in [5, 5.41) is 9.21. The van der Waals surface area contributed by atoms with Gasteiger partial charge < -0.3 is 15.4 Å². The van der Waals surface area contributed by atoms with Gasteiger partial charge >= 0.3 is 11.8 Å². The molecule has 3 rings (SSSR count). The molecule has 35 heavy (non-hydrogen) atoms. The van der Waals surface area contributed by atoms with E-state index in [4.69, 9.17) is 4.74 Å². The number of hydrogen-bond acceptors (Lipinski definition) is 5. The molecule has 0 saturated carbocycles. The standard InChI is InChI=1S/C27H28N4O4/c1-17-9-12-23(20(4)13-17)30-25(32)16-35-24-8-6-5-7-21(24)15-28-31-27(34)26(33)29-22-11-10-18(2)19(3)14-22/h5-15H,16H2,1-4H3,(H,29,33)(H,30,32)(H,31,34)/b28-15-. The minimum Gasteiger partial charge on any atom is -0.483 e. The zero-order valence-electron chi connectivity index (χ0n) is 20.1. The van der Waals surface area contributed by atoms with Crippen LogP contribution in [0, 0.1) is 27.7 Å². The predicted octanol–water partition coefficient (Wildman–Crippen LogP) is 4.03. The molecule has 8 nitrogen and oxygen atoms in total. The number of carbonyl (C=O) groups is 3. The quantitative estimate of drug-likeness (QED) is 0.274. The summed E-state index contributed by atoms with van der Waals surface area (Å²) in [5.74, 6) is -1.65. The maximum Gasteiger partial charge on any atom is 0.329 e. The third-order valence-electron chi connectivity index (χ3n) is 5.27. The van der Waals surface area contributed by atoms with Gasteiger partial charge in [0, 0.05) is 16.9 Å². The molecule has 0 fully saturated rings. The first-order valence-corrected chi connectivity index (χ1v) is 11.0. The molecule has 8 heteroatoms. The van der Waals surface area contributed by atoms with E-state index in [0.717, 1.165) is 27.9 Å². The maximum absolute atomic E-state index is 12.3.